The lowest BCUT2D eigenvalue weighted by atomic mass is 9.99. The van der Waals surface area contributed by atoms with E-state index in [1.54, 1.807) is 36.3 Å². The number of carbonyl (C=O) groups excluding carboxylic acids is 3. The standard InChI is InChI=1S/C41H52N3O8P/c1-6-9-14-53(48,16-11-13-52-39-23-33-32(22-37(39)50-5)41(47)43-25-27(7-2)17-30(43)24-42-33)15-10-12-51-38-20-29-19-35(45)34-18-28(8-3)26-44(34)40(46)31(29)21-36(38)49-4/h7-8,20-24,30,34H,6,9-19,25-26H2,1-5H3/b27-7+,28-8+/t30-,34-,53?/m0/s1. The van der Waals surface area contributed by atoms with Gasteiger partial charge in [-0.1, -0.05) is 36.6 Å². The topological polar surface area (TPSA) is 124 Å². The van der Waals surface area contributed by atoms with Crippen LogP contribution in [0, 0.1) is 0 Å². The van der Waals surface area contributed by atoms with E-state index < -0.39 is 13.2 Å². The molecule has 284 valence electrons. The van der Waals surface area contributed by atoms with Crippen LogP contribution in [-0.2, 0) is 15.8 Å². The summed E-state index contributed by atoms with van der Waals surface area (Å²) in [4.78, 5) is 48.3. The third kappa shape index (κ3) is 8.25. The first-order valence-corrected chi connectivity index (χ1v) is 21.1. The van der Waals surface area contributed by atoms with Gasteiger partial charge in [0.15, 0.2) is 28.8 Å². The zero-order valence-corrected chi connectivity index (χ0v) is 32.5. The number of amides is 2. The Balaban J connectivity index is 1.05. The minimum Gasteiger partial charge on any atom is -0.493 e. The fourth-order valence-electron chi connectivity index (χ4n) is 7.76. The van der Waals surface area contributed by atoms with Crippen molar-refractivity contribution in [2.75, 3.05) is 59.0 Å². The number of aliphatic imine (C=N–C) groups is 1. The first-order chi connectivity index (χ1) is 25.6. The van der Waals surface area contributed by atoms with Crippen LogP contribution < -0.4 is 18.9 Å². The van der Waals surface area contributed by atoms with Gasteiger partial charge in [-0.25, -0.2) is 0 Å². The fourth-order valence-corrected chi connectivity index (χ4v) is 10.7. The average Bonchev–Trinajstić information content (AvgIpc) is 3.76. The number of fused-ring (bicyclic) bond motifs is 4. The van der Waals surface area contributed by atoms with Crippen LogP contribution in [0.4, 0.5) is 5.69 Å². The van der Waals surface area contributed by atoms with Crippen LogP contribution in [0.15, 0.2) is 52.6 Å². The molecule has 4 aliphatic rings. The molecular formula is C41H52N3O8P. The minimum atomic E-state index is -2.53. The number of ketones is 1. The number of unbranched alkanes of at least 4 members (excludes halogenated alkanes) is 1. The largest absolute Gasteiger partial charge is 0.493 e. The maximum atomic E-state index is 14.2. The molecule has 0 aromatic heterocycles. The van der Waals surface area contributed by atoms with Crippen molar-refractivity contribution in [2.45, 2.75) is 77.8 Å². The van der Waals surface area contributed by atoms with Gasteiger partial charge in [-0.15, -0.1) is 0 Å². The van der Waals surface area contributed by atoms with E-state index in [-0.39, 0.29) is 30.1 Å². The second-order valence-electron chi connectivity index (χ2n) is 14.3. The highest BCUT2D eigenvalue weighted by Crippen LogP contribution is 2.48. The second-order valence-corrected chi connectivity index (χ2v) is 17.8. The summed E-state index contributed by atoms with van der Waals surface area (Å²) in [5.41, 5.74) is 4.49. The Morgan fingerprint density at radius 3 is 2.00 bits per heavy atom. The molecule has 0 radical (unpaired) electrons. The lowest BCUT2D eigenvalue weighted by Gasteiger charge is -2.21. The molecular weight excluding hydrogens is 693 g/mol. The number of hydrogen-bond donors (Lipinski definition) is 0. The predicted molar refractivity (Wildman–Crippen MR) is 207 cm³/mol. The first-order valence-electron chi connectivity index (χ1n) is 18.8. The van der Waals surface area contributed by atoms with Crippen LogP contribution in [0.2, 0.25) is 0 Å². The molecule has 2 aromatic rings. The molecule has 2 amide bonds. The highest BCUT2D eigenvalue weighted by molar-refractivity contribution is 7.63. The molecule has 11 nitrogen and oxygen atoms in total. The molecule has 0 bridgehead atoms. The van der Waals surface area contributed by atoms with Crippen molar-refractivity contribution in [3.8, 4) is 23.0 Å². The Labute approximate surface area is 312 Å². The Morgan fingerprint density at radius 1 is 0.774 bits per heavy atom. The maximum absolute atomic E-state index is 14.2. The van der Waals surface area contributed by atoms with Gasteiger partial charge in [0.1, 0.15) is 0 Å². The van der Waals surface area contributed by atoms with Crippen molar-refractivity contribution < 1.29 is 37.9 Å². The number of nitrogens with zero attached hydrogens (tertiary/aromatic N) is 3. The highest BCUT2D eigenvalue weighted by atomic mass is 31.2. The van der Waals surface area contributed by atoms with Gasteiger partial charge in [-0.3, -0.25) is 19.4 Å². The normalized spacial score (nSPS) is 21.9. The van der Waals surface area contributed by atoms with Crippen LogP contribution in [0.3, 0.4) is 0 Å². The van der Waals surface area contributed by atoms with E-state index in [0.717, 1.165) is 24.8 Å². The molecule has 0 saturated carbocycles. The van der Waals surface area contributed by atoms with E-state index in [1.165, 1.54) is 12.7 Å². The molecule has 2 fully saturated rings. The van der Waals surface area contributed by atoms with E-state index in [9.17, 15) is 18.9 Å². The van der Waals surface area contributed by atoms with Gasteiger partial charge >= 0.3 is 0 Å². The summed E-state index contributed by atoms with van der Waals surface area (Å²) >= 11 is 0. The van der Waals surface area contributed by atoms with E-state index in [4.69, 9.17) is 18.9 Å². The number of rotatable bonds is 15. The number of carbonyl (C=O) groups is 3. The number of methoxy groups -OCH3 is 2. The Morgan fingerprint density at radius 2 is 1.36 bits per heavy atom. The van der Waals surface area contributed by atoms with Crippen LogP contribution >= 0.6 is 7.14 Å². The zero-order chi connectivity index (χ0) is 37.7. The molecule has 1 unspecified atom stereocenters. The molecule has 6 rings (SSSR count). The van der Waals surface area contributed by atoms with Gasteiger partial charge in [-0.05, 0) is 69.7 Å². The summed E-state index contributed by atoms with van der Waals surface area (Å²) in [6.45, 7) is 7.76. The SMILES string of the molecule is C/C=C1\C[C@H]2C=Nc3cc(OCCCP(=O)(CCCC)CCCOc4cc5c(cc4OC)C(=O)N4C/C(=C/C)C[C@H]4C(=O)C5)c(OC)cc3C(=O)N2C1. The quantitative estimate of drug-likeness (QED) is 0.106. The molecule has 3 atom stereocenters. The molecule has 4 aliphatic heterocycles. The van der Waals surface area contributed by atoms with Crippen molar-refractivity contribution in [1.82, 2.24) is 9.80 Å². The fraction of sp³-hybridized carbons (Fsp3) is 0.512. The third-order valence-corrected chi connectivity index (χ3v) is 14.3. The number of hydrogen-bond acceptors (Lipinski definition) is 9. The van der Waals surface area contributed by atoms with E-state index in [1.807, 2.05) is 31.0 Å². The van der Waals surface area contributed by atoms with Crippen molar-refractivity contribution in [3.63, 3.8) is 0 Å². The van der Waals surface area contributed by atoms with Gasteiger partial charge in [0.25, 0.3) is 11.8 Å². The molecule has 4 heterocycles. The molecule has 12 heteroatoms. The summed E-state index contributed by atoms with van der Waals surface area (Å²) in [5.74, 6) is 1.68. The maximum Gasteiger partial charge on any atom is 0.257 e. The lowest BCUT2D eigenvalue weighted by molar-refractivity contribution is -0.121. The van der Waals surface area contributed by atoms with Gasteiger partial charge in [0.05, 0.1) is 57.9 Å². The summed E-state index contributed by atoms with van der Waals surface area (Å²) in [6.07, 6.45) is 12.2. The van der Waals surface area contributed by atoms with E-state index in [2.05, 4.69) is 18.0 Å². The Kier molecular flexibility index (Phi) is 12.1. The van der Waals surface area contributed by atoms with Crippen LogP contribution in [0.5, 0.6) is 23.0 Å². The van der Waals surface area contributed by atoms with Gasteiger partial charge in [-0.2, -0.15) is 0 Å². The average molecular weight is 746 g/mol. The molecule has 0 aliphatic carbocycles. The number of allylic oxidation sites excluding steroid dienone is 2. The summed E-state index contributed by atoms with van der Waals surface area (Å²) in [5, 5.41) is 0. The number of benzene rings is 2. The summed E-state index contributed by atoms with van der Waals surface area (Å²) < 4.78 is 37.8. The molecule has 0 N–H and O–H groups in total. The second kappa shape index (κ2) is 16.8. The smallest absolute Gasteiger partial charge is 0.257 e. The summed E-state index contributed by atoms with van der Waals surface area (Å²) in [6, 6.07) is 6.43. The van der Waals surface area contributed by atoms with Crippen molar-refractivity contribution in [2.24, 2.45) is 4.99 Å². The predicted octanol–water partition coefficient (Wildman–Crippen LogP) is 7.27. The van der Waals surface area contributed by atoms with Gasteiger partial charge < -0.3 is 33.3 Å². The number of Topliss-reactive ketones (excluding diaryl/α,β-unsaturated/α-hetero) is 1. The highest BCUT2D eigenvalue weighted by Gasteiger charge is 2.40. The van der Waals surface area contributed by atoms with Crippen LogP contribution in [0.25, 0.3) is 0 Å². The Bertz CT molecular complexity index is 1880. The van der Waals surface area contributed by atoms with Gasteiger partial charge in [0.2, 0.25) is 0 Å². The summed E-state index contributed by atoms with van der Waals surface area (Å²) in [7, 11) is 0.564. The van der Waals surface area contributed by atoms with Crippen LogP contribution in [-0.4, -0.2) is 105 Å². The first kappa shape index (κ1) is 38.4. The number of ether oxygens (including phenoxy) is 4. The van der Waals surface area contributed by atoms with Crippen molar-refractivity contribution >= 4 is 36.6 Å². The monoisotopic (exact) mass is 745 g/mol. The zero-order valence-electron chi connectivity index (χ0n) is 31.7. The van der Waals surface area contributed by atoms with E-state index in [0.29, 0.717) is 109 Å². The van der Waals surface area contributed by atoms with Gasteiger partial charge in [0, 0.05) is 55.8 Å². The van der Waals surface area contributed by atoms with E-state index >= 15 is 0 Å². The molecule has 53 heavy (non-hydrogen) atoms. The third-order valence-electron chi connectivity index (χ3n) is 10.9. The molecule has 2 aromatic carbocycles. The lowest BCUT2D eigenvalue weighted by Crippen LogP contribution is -2.38. The van der Waals surface area contributed by atoms with Crippen LogP contribution in [0.1, 0.15) is 85.6 Å². The minimum absolute atomic E-state index is 0.0265. The van der Waals surface area contributed by atoms with Crippen molar-refractivity contribution in [3.05, 3.63) is 64.3 Å². The molecule has 2 saturated heterocycles. The van der Waals surface area contributed by atoms with Crippen molar-refractivity contribution in [1.29, 1.82) is 0 Å². The Hall–Kier alpha value is -4.37. The molecule has 0 spiro atoms.